The first kappa shape index (κ1) is 16.9. The Labute approximate surface area is 146 Å². The van der Waals surface area contributed by atoms with Crippen LogP contribution >= 0.6 is 11.3 Å². The number of rotatable bonds is 5. The van der Waals surface area contributed by atoms with Gasteiger partial charge in [0, 0.05) is 56.5 Å². The summed E-state index contributed by atoms with van der Waals surface area (Å²) in [6, 6.07) is 1.95. The van der Waals surface area contributed by atoms with Gasteiger partial charge in [0.05, 0.1) is 17.2 Å². The van der Waals surface area contributed by atoms with Crippen molar-refractivity contribution in [2.24, 2.45) is 0 Å². The number of piperazine rings is 1. The molecule has 0 unspecified atom stereocenters. The Kier molecular flexibility index (Phi) is 5.47. The molecule has 3 heterocycles. The molecule has 3 rings (SSSR count). The SMILES string of the molecule is Cc1nc(CN2CCN(C(=O)N[C@H](C)Cn3cccn3)CC2)cs1. The molecule has 2 aromatic heterocycles. The zero-order chi connectivity index (χ0) is 16.9. The molecule has 1 aliphatic rings. The van der Waals surface area contributed by atoms with E-state index in [4.69, 9.17) is 0 Å². The Morgan fingerprint density at radius 1 is 1.38 bits per heavy atom. The zero-order valence-electron chi connectivity index (χ0n) is 14.2. The number of hydrogen-bond acceptors (Lipinski definition) is 5. The lowest BCUT2D eigenvalue weighted by atomic mass is 10.3. The molecule has 130 valence electrons. The Hall–Kier alpha value is -1.93. The van der Waals surface area contributed by atoms with Gasteiger partial charge in [-0.1, -0.05) is 0 Å². The van der Waals surface area contributed by atoms with Crippen LogP contribution < -0.4 is 5.32 Å². The highest BCUT2D eigenvalue weighted by atomic mass is 32.1. The molecule has 2 aromatic rings. The van der Waals surface area contributed by atoms with E-state index in [1.54, 1.807) is 17.5 Å². The molecule has 0 radical (unpaired) electrons. The summed E-state index contributed by atoms with van der Waals surface area (Å²) in [6.45, 7) is 8.86. The molecule has 0 spiro atoms. The van der Waals surface area contributed by atoms with Crippen LogP contribution in [0, 0.1) is 6.92 Å². The van der Waals surface area contributed by atoms with Crippen molar-refractivity contribution in [3.8, 4) is 0 Å². The van der Waals surface area contributed by atoms with Crippen molar-refractivity contribution in [3.05, 3.63) is 34.5 Å². The van der Waals surface area contributed by atoms with Crippen molar-refractivity contribution in [2.45, 2.75) is 33.0 Å². The first-order valence-corrected chi connectivity index (χ1v) is 9.14. The quantitative estimate of drug-likeness (QED) is 0.891. The minimum Gasteiger partial charge on any atom is -0.334 e. The van der Waals surface area contributed by atoms with Gasteiger partial charge < -0.3 is 10.2 Å². The van der Waals surface area contributed by atoms with E-state index in [9.17, 15) is 4.79 Å². The van der Waals surface area contributed by atoms with Crippen molar-refractivity contribution in [3.63, 3.8) is 0 Å². The largest absolute Gasteiger partial charge is 0.334 e. The summed E-state index contributed by atoms with van der Waals surface area (Å²) in [5, 5.41) is 10.4. The van der Waals surface area contributed by atoms with Gasteiger partial charge in [0.2, 0.25) is 0 Å². The van der Waals surface area contributed by atoms with Crippen LogP contribution in [0.5, 0.6) is 0 Å². The molecule has 24 heavy (non-hydrogen) atoms. The van der Waals surface area contributed by atoms with Crippen molar-refractivity contribution in [1.82, 2.24) is 29.9 Å². The third kappa shape index (κ3) is 4.55. The smallest absolute Gasteiger partial charge is 0.317 e. The van der Waals surface area contributed by atoms with E-state index < -0.39 is 0 Å². The number of nitrogens with zero attached hydrogens (tertiary/aromatic N) is 5. The fourth-order valence-electron chi connectivity index (χ4n) is 2.86. The Morgan fingerprint density at radius 2 is 2.17 bits per heavy atom. The van der Waals surface area contributed by atoms with Gasteiger partial charge in [-0.15, -0.1) is 11.3 Å². The van der Waals surface area contributed by atoms with Crippen LogP contribution in [-0.2, 0) is 13.1 Å². The van der Waals surface area contributed by atoms with Gasteiger partial charge in [-0.3, -0.25) is 9.58 Å². The number of aromatic nitrogens is 3. The number of carbonyl (C=O) groups excluding carboxylic acids is 1. The number of thiazole rings is 1. The second-order valence-electron chi connectivity index (χ2n) is 6.20. The van der Waals surface area contributed by atoms with Gasteiger partial charge in [0.1, 0.15) is 0 Å². The lowest BCUT2D eigenvalue weighted by Gasteiger charge is -2.35. The molecule has 0 aromatic carbocycles. The zero-order valence-corrected chi connectivity index (χ0v) is 15.0. The highest BCUT2D eigenvalue weighted by Gasteiger charge is 2.22. The molecular formula is C16H24N6OS. The Bertz CT molecular complexity index is 647. The fraction of sp³-hybridized carbons (Fsp3) is 0.562. The summed E-state index contributed by atoms with van der Waals surface area (Å²) < 4.78 is 1.83. The minimum absolute atomic E-state index is 0.0128. The minimum atomic E-state index is 0.0128. The Morgan fingerprint density at radius 3 is 2.79 bits per heavy atom. The molecule has 1 fully saturated rings. The third-order valence-corrected chi connectivity index (χ3v) is 4.92. The van der Waals surface area contributed by atoms with Crippen LogP contribution in [0.15, 0.2) is 23.8 Å². The lowest BCUT2D eigenvalue weighted by molar-refractivity contribution is 0.132. The number of carbonyl (C=O) groups is 1. The average Bonchev–Trinajstić information content (AvgIpc) is 3.20. The number of amides is 2. The molecule has 0 bridgehead atoms. The van der Waals surface area contributed by atoms with Crippen molar-refractivity contribution < 1.29 is 4.79 Å². The van der Waals surface area contributed by atoms with Gasteiger partial charge in [0.25, 0.3) is 0 Å². The molecule has 8 heteroatoms. The summed E-state index contributed by atoms with van der Waals surface area (Å²) >= 11 is 1.69. The number of nitrogens with one attached hydrogen (secondary N) is 1. The second-order valence-corrected chi connectivity index (χ2v) is 7.26. The molecule has 1 saturated heterocycles. The highest BCUT2D eigenvalue weighted by Crippen LogP contribution is 2.12. The predicted molar refractivity (Wildman–Crippen MR) is 93.9 cm³/mol. The van der Waals surface area contributed by atoms with Gasteiger partial charge >= 0.3 is 6.03 Å². The maximum absolute atomic E-state index is 12.4. The van der Waals surface area contributed by atoms with Gasteiger partial charge in [0.15, 0.2) is 0 Å². The van der Waals surface area contributed by atoms with E-state index in [-0.39, 0.29) is 12.1 Å². The first-order chi connectivity index (χ1) is 11.6. The van der Waals surface area contributed by atoms with E-state index in [1.807, 2.05) is 35.7 Å². The Balaban J connectivity index is 1.41. The van der Waals surface area contributed by atoms with Gasteiger partial charge in [-0.25, -0.2) is 9.78 Å². The fourth-order valence-corrected chi connectivity index (χ4v) is 3.46. The van der Waals surface area contributed by atoms with E-state index >= 15 is 0 Å². The summed E-state index contributed by atoms with van der Waals surface area (Å²) in [7, 11) is 0. The van der Waals surface area contributed by atoms with E-state index in [1.165, 1.54) is 0 Å². The topological polar surface area (TPSA) is 66.3 Å². The van der Waals surface area contributed by atoms with Crippen LogP contribution in [0.3, 0.4) is 0 Å². The number of hydrogen-bond donors (Lipinski definition) is 1. The van der Waals surface area contributed by atoms with Crippen molar-refractivity contribution >= 4 is 17.4 Å². The molecule has 0 aliphatic carbocycles. The summed E-state index contributed by atoms with van der Waals surface area (Å²) in [6.07, 6.45) is 3.65. The van der Waals surface area contributed by atoms with E-state index in [0.717, 1.165) is 43.4 Å². The number of urea groups is 1. The molecule has 0 saturated carbocycles. The predicted octanol–water partition coefficient (Wildman–Crippen LogP) is 1.56. The van der Waals surface area contributed by atoms with Crippen LogP contribution in [-0.4, -0.2) is 62.8 Å². The summed E-state index contributed by atoms with van der Waals surface area (Å²) in [4.78, 5) is 21.1. The first-order valence-electron chi connectivity index (χ1n) is 8.26. The number of aryl methyl sites for hydroxylation is 1. The van der Waals surface area contributed by atoms with Gasteiger partial charge in [-0.05, 0) is 19.9 Å². The lowest BCUT2D eigenvalue weighted by Crippen LogP contribution is -2.53. The van der Waals surface area contributed by atoms with Crippen LogP contribution in [0.25, 0.3) is 0 Å². The monoisotopic (exact) mass is 348 g/mol. The van der Waals surface area contributed by atoms with Crippen molar-refractivity contribution in [2.75, 3.05) is 26.2 Å². The molecular weight excluding hydrogens is 324 g/mol. The van der Waals surface area contributed by atoms with Gasteiger partial charge in [-0.2, -0.15) is 5.10 Å². The van der Waals surface area contributed by atoms with Crippen LogP contribution in [0.1, 0.15) is 17.6 Å². The molecule has 1 atom stereocenters. The highest BCUT2D eigenvalue weighted by molar-refractivity contribution is 7.09. The van der Waals surface area contributed by atoms with E-state index in [2.05, 4.69) is 25.7 Å². The summed E-state index contributed by atoms with van der Waals surface area (Å²) in [5.74, 6) is 0. The maximum Gasteiger partial charge on any atom is 0.317 e. The van der Waals surface area contributed by atoms with Crippen LogP contribution in [0.4, 0.5) is 4.79 Å². The summed E-state index contributed by atoms with van der Waals surface area (Å²) in [5.41, 5.74) is 1.13. The molecule has 2 amide bonds. The normalized spacial score (nSPS) is 17.0. The van der Waals surface area contributed by atoms with Crippen molar-refractivity contribution in [1.29, 1.82) is 0 Å². The van der Waals surface area contributed by atoms with Crippen LogP contribution in [0.2, 0.25) is 0 Å². The standard InChI is InChI=1S/C16H24N6OS/c1-13(10-22-5-3-4-17-22)18-16(23)21-8-6-20(7-9-21)11-15-12-24-14(2)19-15/h3-5,12-13H,6-11H2,1-2H3,(H,18,23)/t13-/m1/s1. The maximum atomic E-state index is 12.4. The molecule has 7 nitrogen and oxygen atoms in total. The van der Waals surface area contributed by atoms with E-state index in [0.29, 0.717) is 6.54 Å². The molecule has 1 N–H and O–H groups in total. The molecule has 1 aliphatic heterocycles. The average molecular weight is 348 g/mol. The second kappa shape index (κ2) is 7.76. The third-order valence-electron chi connectivity index (χ3n) is 4.10.